The predicted molar refractivity (Wildman–Crippen MR) is 127 cm³/mol. The first-order chi connectivity index (χ1) is 16.4. The number of benzene rings is 1. The van der Waals surface area contributed by atoms with Gasteiger partial charge in [0.05, 0.1) is 17.7 Å². The van der Waals surface area contributed by atoms with Crippen molar-refractivity contribution in [2.24, 2.45) is 5.92 Å². The molecule has 1 aliphatic heterocycles. The van der Waals surface area contributed by atoms with E-state index < -0.39 is 19.4 Å². The van der Waals surface area contributed by atoms with E-state index in [1.807, 2.05) is 17.0 Å². The Kier molecular flexibility index (Phi) is 6.29. The fourth-order valence-corrected chi connectivity index (χ4v) is 5.78. The van der Waals surface area contributed by atoms with E-state index in [0.29, 0.717) is 30.9 Å². The van der Waals surface area contributed by atoms with Crippen molar-refractivity contribution >= 4 is 11.7 Å². The second-order valence-electron chi connectivity index (χ2n) is 10.2. The highest BCUT2D eigenvalue weighted by Crippen LogP contribution is 2.59. The lowest BCUT2D eigenvalue weighted by molar-refractivity contribution is 0.0868. The van der Waals surface area contributed by atoms with Gasteiger partial charge >= 0.3 is 0 Å². The molecule has 6 nitrogen and oxygen atoms in total. The molecule has 34 heavy (non-hydrogen) atoms. The van der Waals surface area contributed by atoms with E-state index in [0.717, 1.165) is 36.9 Å². The van der Waals surface area contributed by atoms with Crippen molar-refractivity contribution in [1.82, 2.24) is 15.2 Å². The van der Waals surface area contributed by atoms with Gasteiger partial charge in [0, 0.05) is 36.3 Å². The average molecular weight is 471 g/mol. The summed E-state index contributed by atoms with van der Waals surface area (Å²) in [7, 11) is 0. The molecular formula is C26H32F2N4O2. The van der Waals surface area contributed by atoms with Crippen molar-refractivity contribution in [1.29, 1.82) is 0 Å². The Morgan fingerprint density at radius 1 is 1.18 bits per heavy atom. The number of amides is 1. The number of carbonyl (C=O) groups excluding carboxylic acids is 1. The predicted octanol–water partition coefficient (Wildman–Crippen LogP) is 3.25. The molecule has 3 fully saturated rings. The van der Waals surface area contributed by atoms with Crippen molar-refractivity contribution in [3.05, 3.63) is 47.7 Å². The fourth-order valence-electron chi connectivity index (χ4n) is 5.78. The fraction of sp³-hybridized carbons (Fsp3) is 0.538. The molecule has 1 aromatic heterocycles. The summed E-state index contributed by atoms with van der Waals surface area (Å²) in [6.45, 7) is 0.143. The molecule has 2 aliphatic carbocycles. The van der Waals surface area contributed by atoms with E-state index in [1.165, 1.54) is 5.56 Å². The number of likely N-dealkylation sites (tertiary alicyclic amines) is 1. The third kappa shape index (κ3) is 4.29. The van der Waals surface area contributed by atoms with Gasteiger partial charge < -0.3 is 16.2 Å². The summed E-state index contributed by atoms with van der Waals surface area (Å²) >= 11 is 0. The van der Waals surface area contributed by atoms with Gasteiger partial charge in [-0.25, -0.2) is 13.8 Å². The van der Waals surface area contributed by atoms with Gasteiger partial charge in [0.25, 0.3) is 5.91 Å². The van der Waals surface area contributed by atoms with Crippen LogP contribution in [-0.4, -0.2) is 65.5 Å². The molecule has 8 heteroatoms. The third-order valence-electron chi connectivity index (χ3n) is 8.03. The molecule has 2 aromatic rings. The molecule has 0 unspecified atom stereocenters. The molecule has 0 bridgehead atoms. The van der Waals surface area contributed by atoms with Crippen LogP contribution < -0.4 is 11.1 Å². The van der Waals surface area contributed by atoms with Crippen LogP contribution in [0.3, 0.4) is 0 Å². The Labute approximate surface area is 198 Å². The van der Waals surface area contributed by atoms with Crippen LogP contribution in [0.2, 0.25) is 0 Å². The van der Waals surface area contributed by atoms with E-state index in [2.05, 4.69) is 22.4 Å². The summed E-state index contributed by atoms with van der Waals surface area (Å²) in [5.41, 5.74) is 9.29. The number of halogens is 2. The highest BCUT2D eigenvalue weighted by molar-refractivity contribution is 5.99. The number of fused-ring (bicyclic) bond motifs is 1. The molecule has 2 saturated carbocycles. The molecule has 1 saturated heterocycles. The molecule has 4 N–H and O–H groups in total. The Balaban J connectivity index is 1.29. The zero-order valence-electron chi connectivity index (χ0n) is 19.2. The van der Waals surface area contributed by atoms with Crippen LogP contribution in [-0.2, 0) is 5.41 Å². The lowest BCUT2D eigenvalue weighted by Crippen LogP contribution is -2.39. The van der Waals surface area contributed by atoms with E-state index >= 15 is 0 Å². The first-order valence-corrected chi connectivity index (χ1v) is 12.1. The maximum atomic E-state index is 13.1. The summed E-state index contributed by atoms with van der Waals surface area (Å²) in [5.74, 6) is 0.397. The zero-order valence-corrected chi connectivity index (χ0v) is 19.2. The first kappa shape index (κ1) is 23.2. The minimum atomic E-state index is -0.652. The number of carbonyl (C=O) groups is 1. The largest absolute Gasteiger partial charge is 0.393 e. The molecule has 5 rings (SSSR count). The number of aromatic nitrogens is 1. The first-order valence-electron chi connectivity index (χ1n) is 12.1. The number of aliphatic hydroxyl groups is 1. The number of nitrogens with one attached hydrogen (secondary N) is 1. The number of nitrogens with two attached hydrogens (primary N) is 1. The van der Waals surface area contributed by atoms with Crippen molar-refractivity contribution < 1.29 is 18.7 Å². The van der Waals surface area contributed by atoms with Crippen molar-refractivity contribution in [3.63, 3.8) is 0 Å². The number of nitrogens with zero attached hydrogens (tertiary/aromatic N) is 2. The van der Waals surface area contributed by atoms with Gasteiger partial charge in [-0.2, -0.15) is 0 Å². The topological polar surface area (TPSA) is 91.5 Å². The molecular weight excluding hydrogens is 438 g/mol. The molecule has 1 aromatic carbocycles. The molecule has 2 heterocycles. The maximum absolute atomic E-state index is 13.1. The Hall–Kier alpha value is -2.58. The standard InChI is InChI=1S/C26H32F2N4O2/c27-11-21(12-28)32-14-19-10-26(19,15-32)18-3-1-16(2-4-18)17-9-23(24(29)30-13-17)25(34)31-20-5-7-22(33)8-6-20/h1-4,9,13,19-22,33H,5-8,10-12,14-15H2,(H2,29,30)(H,31,34)/t19-,20-,22-,26+/m0/s1. The highest BCUT2D eigenvalue weighted by Gasteiger charge is 2.61. The molecule has 2 atom stereocenters. The van der Waals surface area contributed by atoms with E-state index in [9.17, 15) is 18.7 Å². The minimum Gasteiger partial charge on any atom is -0.393 e. The highest BCUT2D eigenvalue weighted by atomic mass is 19.1. The van der Waals surface area contributed by atoms with Crippen LogP contribution in [0.1, 0.15) is 48.0 Å². The summed E-state index contributed by atoms with van der Waals surface area (Å²) in [6.07, 6.45) is 5.32. The van der Waals surface area contributed by atoms with Crippen LogP contribution in [0.4, 0.5) is 14.6 Å². The van der Waals surface area contributed by atoms with E-state index in [1.54, 1.807) is 12.3 Å². The van der Waals surface area contributed by atoms with Crippen molar-refractivity contribution in [2.75, 3.05) is 32.2 Å². The number of nitrogen functional groups attached to an aromatic ring is 1. The van der Waals surface area contributed by atoms with Gasteiger partial charge in [-0.05, 0) is 55.2 Å². The Morgan fingerprint density at radius 2 is 1.88 bits per heavy atom. The van der Waals surface area contributed by atoms with Crippen LogP contribution in [0.15, 0.2) is 36.5 Å². The lowest BCUT2D eigenvalue weighted by atomic mass is 9.92. The second-order valence-corrected chi connectivity index (χ2v) is 10.2. The number of piperidine rings is 1. The maximum Gasteiger partial charge on any atom is 0.255 e. The van der Waals surface area contributed by atoms with E-state index in [-0.39, 0.29) is 29.3 Å². The summed E-state index contributed by atoms with van der Waals surface area (Å²) in [4.78, 5) is 19.1. The summed E-state index contributed by atoms with van der Waals surface area (Å²) in [6, 6.07) is 9.37. The van der Waals surface area contributed by atoms with Crippen LogP contribution in [0.5, 0.6) is 0 Å². The molecule has 1 amide bonds. The van der Waals surface area contributed by atoms with Gasteiger partial charge in [0.15, 0.2) is 0 Å². The third-order valence-corrected chi connectivity index (χ3v) is 8.03. The second kappa shape index (κ2) is 9.23. The molecule has 0 radical (unpaired) electrons. The van der Waals surface area contributed by atoms with Crippen LogP contribution in [0.25, 0.3) is 11.1 Å². The quantitative estimate of drug-likeness (QED) is 0.578. The van der Waals surface area contributed by atoms with E-state index in [4.69, 9.17) is 5.73 Å². The number of anilines is 1. The molecule has 3 aliphatic rings. The average Bonchev–Trinajstić information content (AvgIpc) is 3.42. The Bertz CT molecular complexity index is 1040. The number of rotatable bonds is 7. The summed E-state index contributed by atoms with van der Waals surface area (Å²) < 4.78 is 26.3. The zero-order chi connectivity index (χ0) is 23.9. The van der Waals surface area contributed by atoms with Gasteiger partial charge in [0.1, 0.15) is 19.2 Å². The number of pyridine rings is 1. The van der Waals surface area contributed by atoms with Gasteiger partial charge in [-0.1, -0.05) is 24.3 Å². The van der Waals surface area contributed by atoms with Gasteiger partial charge in [0.2, 0.25) is 0 Å². The number of hydrogen-bond donors (Lipinski definition) is 3. The van der Waals surface area contributed by atoms with Crippen molar-refractivity contribution in [3.8, 4) is 11.1 Å². The molecule has 0 spiro atoms. The van der Waals surface area contributed by atoms with Crippen LogP contribution >= 0.6 is 0 Å². The molecule has 182 valence electrons. The van der Waals surface area contributed by atoms with Crippen molar-refractivity contribution in [2.45, 2.75) is 55.7 Å². The van der Waals surface area contributed by atoms with Gasteiger partial charge in [-0.15, -0.1) is 0 Å². The SMILES string of the molecule is Nc1ncc(-c2ccc([C@]34C[C@H]3CN(C(CF)CF)C4)cc2)cc1C(=O)N[C@H]1CC[C@H](O)CC1. The summed E-state index contributed by atoms with van der Waals surface area (Å²) in [5, 5.41) is 12.7. The number of alkyl halides is 2. The number of hydrogen-bond acceptors (Lipinski definition) is 5. The Morgan fingerprint density at radius 3 is 2.56 bits per heavy atom. The number of aliphatic hydroxyl groups excluding tert-OH is 1. The normalized spacial score (nSPS) is 28.6. The smallest absolute Gasteiger partial charge is 0.255 e. The monoisotopic (exact) mass is 470 g/mol. The van der Waals surface area contributed by atoms with Gasteiger partial charge in [-0.3, -0.25) is 9.69 Å². The lowest BCUT2D eigenvalue weighted by Gasteiger charge is -2.26. The van der Waals surface area contributed by atoms with Crippen LogP contribution in [0, 0.1) is 5.92 Å². The minimum absolute atomic E-state index is 0.000887.